The van der Waals surface area contributed by atoms with Crippen LogP contribution in [0.15, 0.2) is 35.4 Å². The predicted molar refractivity (Wildman–Crippen MR) is 72.7 cm³/mol. The molecule has 1 aromatic carbocycles. The first-order valence-corrected chi connectivity index (χ1v) is 7.85. The zero-order valence-electron chi connectivity index (χ0n) is 11.0. The fourth-order valence-corrected chi connectivity index (χ4v) is 2.81. The van der Waals surface area contributed by atoms with Gasteiger partial charge in [-0.05, 0) is 30.0 Å². The topological polar surface area (TPSA) is 75.7 Å². The van der Waals surface area contributed by atoms with Gasteiger partial charge < -0.3 is 0 Å². The molecule has 102 valence electrons. The first-order chi connectivity index (χ1) is 9.03. The van der Waals surface area contributed by atoms with Crippen molar-refractivity contribution in [2.75, 3.05) is 5.75 Å². The molecule has 0 saturated carbocycles. The lowest BCUT2D eigenvalue weighted by molar-refractivity contribution is 0.597. The Labute approximate surface area is 113 Å². The molecule has 5 nitrogen and oxygen atoms in total. The Morgan fingerprint density at radius 3 is 2.47 bits per heavy atom. The van der Waals surface area contributed by atoms with Gasteiger partial charge in [0.25, 0.3) is 0 Å². The largest absolute Gasteiger partial charge is 0.224 e. The number of nitrogens with zero attached hydrogens (tertiary/aromatic N) is 2. The van der Waals surface area contributed by atoms with Crippen LogP contribution in [-0.2, 0) is 16.3 Å². The molecule has 1 aromatic heterocycles. The summed E-state index contributed by atoms with van der Waals surface area (Å²) in [5.74, 6) is 0.393. The van der Waals surface area contributed by atoms with Crippen LogP contribution in [0.3, 0.4) is 0 Å². The Kier molecular flexibility index (Phi) is 3.99. The molecule has 0 bridgehead atoms. The van der Waals surface area contributed by atoms with Gasteiger partial charge in [-0.3, -0.25) is 0 Å². The third-order valence-electron chi connectivity index (χ3n) is 3.17. The van der Waals surface area contributed by atoms with E-state index >= 15 is 0 Å². The highest BCUT2D eigenvalue weighted by molar-refractivity contribution is 7.91. The van der Waals surface area contributed by atoms with Crippen molar-refractivity contribution in [2.45, 2.75) is 31.1 Å². The lowest BCUT2D eigenvalue weighted by Gasteiger charge is -2.10. The molecular weight excluding hydrogens is 262 g/mol. The van der Waals surface area contributed by atoms with Crippen LogP contribution >= 0.6 is 0 Å². The summed E-state index contributed by atoms with van der Waals surface area (Å²) in [6.45, 7) is 3.73. The van der Waals surface area contributed by atoms with E-state index in [0.29, 0.717) is 4.90 Å². The molecule has 0 spiro atoms. The van der Waals surface area contributed by atoms with Crippen molar-refractivity contribution in [3.8, 4) is 0 Å². The van der Waals surface area contributed by atoms with Crippen LogP contribution in [0, 0.1) is 0 Å². The van der Waals surface area contributed by atoms with E-state index in [0.717, 1.165) is 17.7 Å². The number of rotatable bonds is 5. The van der Waals surface area contributed by atoms with Crippen molar-refractivity contribution < 1.29 is 8.42 Å². The maximum atomic E-state index is 11.7. The number of hydrogen-bond acceptors (Lipinski definition) is 4. The molecule has 6 heteroatoms. The molecule has 1 unspecified atom stereocenters. The van der Waals surface area contributed by atoms with Crippen LogP contribution in [-0.4, -0.2) is 29.6 Å². The molecule has 1 N–H and O–H groups in total. The van der Waals surface area contributed by atoms with Gasteiger partial charge in [0, 0.05) is 0 Å². The fraction of sp³-hybridized carbons (Fsp3) is 0.385. The van der Waals surface area contributed by atoms with Crippen LogP contribution in [0.2, 0.25) is 0 Å². The van der Waals surface area contributed by atoms with Gasteiger partial charge in [-0.15, -0.1) is 0 Å². The minimum Gasteiger partial charge on any atom is -0.224 e. The van der Waals surface area contributed by atoms with Crippen LogP contribution in [0.4, 0.5) is 0 Å². The second kappa shape index (κ2) is 5.52. The number of sulfone groups is 1. The molecule has 19 heavy (non-hydrogen) atoms. The molecule has 0 fully saturated rings. The van der Waals surface area contributed by atoms with E-state index in [1.807, 2.05) is 12.1 Å². The highest BCUT2D eigenvalue weighted by atomic mass is 32.2. The van der Waals surface area contributed by atoms with Gasteiger partial charge in [-0.2, -0.15) is 15.4 Å². The van der Waals surface area contributed by atoms with Gasteiger partial charge >= 0.3 is 0 Å². The highest BCUT2D eigenvalue weighted by Gasteiger charge is 2.13. The molecule has 0 saturated heterocycles. The summed E-state index contributed by atoms with van der Waals surface area (Å²) in [6, 6.07) is 7.08. The SMILES string of the molecule is CCS(=O)(=O)c1ccc(C(C)Cc2cn[nH]n2)cc1. The minimum absolute atomic E-state index is 0.126. The predicted octanol–water partition coefficient (Wildman–Crippen LogP) is 1.94. The molecule has 2 rings (SSSR count). The summed E-state index contributed by atoms with van der Waals surface area (Å²) in [7, 11) is -3.12. The average Bonchev–Trinajstić information content (AvgIpc) is 2.91. The standard InChI is InChI=1S/C13H17N3O2S/c1-3-19(17,18)13-6-4-11(5-7-13)10(2)8-12-9-14-16-15-12/h4-7,9-10H,3,8H2,1-2H3,(H,14,15,16). The zero-order chi connectivity index (χ0) is 13.9. The Morgan fingerprint density at radius 1 is 1.26 bits per heavy atom. The summed E-state index contributed by atoms with van der Waals surface area (Å²) in [4.78, 5) is 0.382. The number of aromatic amines is 1. The van der Waals surface area contributed by atoms with E-state index in [4.69, 9.17) is 0 Å². The van der Waals surface area contributed by atoms with E-state index in [2.05, 4.69) is 22.3 Å². The van der Waals surface area contributed by atoms with Crippen molar-refractivity contribution in [2.24, 2.45) is 0 Å². The van der Waals surface area contributed by atoms with Crippen molar-refractivity contribution in [3.05, 3.63) is 41.7 Å². The van der Waals surface area contributed by atoms with Crippen LogP contribution < -0.4 is 0 Å². The summed E-state index contributed by atoms with van der Waals surface area (Å²) < 4.78 is 23.4. The van der Waals surface area contributed by atoms with Gasteiger partial charge in [0.15, 0.2) is 9.84 Å². The van der Waals surface area contributed by atoms with Crippen molar-refractivity contribution in [3.63, 3.8) is 0 Å². The van der Waals surface area contributed by atoms with Crippen molar-refractivity contribution >= 4 is 9.84 Å². The summed E-state index contributed by atoms with van der Waals surface area (Å²) in [5, 5.41) is 10.4. The first-order valence-electron chi connectivity index (χ1n) is 6.20. The molecule has 1 atom stereocenters. The summed E-state index contributed by atoms with van der Waals surface area (Å²) in [6.07, 6.45) is 2.47. The van der Waals surface area contributed by atoms with Crippen LogP contribution in [0.5, 0.6) is 0 Å². The molecular formula is C13H17N3O2S. The molecule has 0 aliphatic carbocycles. The van der Waals surface area contributed by atoms with Gasteiger partial charge in [0.2, 0.25) is 0 Å². The first kappa shape index (κ1) is 13.7. The Bertz CT molecular complexity index is 618. The summed E-state index contributed by atoms with van der Waals surface area (Å²) >= 11 is 0. The van der Waals surface area contributed by atoms with Crippen molar-refractivity contribution in [1.29, 1.82) is 0 Å². The van der Waals surface area contributed by atoms with Crippen LogP contribution in [0.1, 0.15) is 31.0 Å². The Hall–Kier alpha value is -1.69. The van der Waals surface area contributed by atoms with E-state index < -0.39 is 9.84 Å². The number of nitrogens with one attached hydrogen (secondary N) is 1. The van der Waals surface area contributed by atoms with Gasteiger partial charge in [0.05, 0.1) is 22.5 Å². The third kappa shape index (κ3) is 3.20. The Balaban J connectivity index is 2.14. The van der Waals surface area contributed by atoms with Gasteiger partial charge in [-0.25, -0.2) is 8.42 Å². The average molecular weight is 279 g/mol. The lowest BCUT2D eigenvalue weighted by Crippen LogP contribution is -2.04. The van der Waals surface area contributed by atoms with E-state index in [-0.39, 0.29) is 11.7 Å². The second-order valence-electron chi connectivity index (χ2n) is 4.54. The van der Waals surface area contributed by atoms with Gasteiger partial charge in [-0.1, -0.05) is 26.0 Å². The van der Waals surface area contributed by atoms with Crippen molar-refractivity contribution in [1.82, 2.24) is 15.4 Å². The smallest absolute Gasteiger partial charge is 0.178 e. The third-order valence-corrected chi connectivity index (χ3v) is 4.92. The minimum atomic E-state index is -3.12. The quantitative estimate of drug-likeness (QED) is 0.907. The zero-order valence-corrected chi connectivity index (χ0v) is 11.8. The molecule has 1 heterocycles. The molecule has 0 amide bonds. The molecule has 0 radical (unpaired) electrons. The molecule has 0 aliphatic rings. The summed E-state index contributed by atoms with van der Waals surface area (Å²) in [5.41, 5.74) is 2.00. The highest BCUT2D eigenvalue weighted by Crippen LogP contribution is 2.21. The number of benzene rings is 1. The lowest BCUT2D eigenvalue weighted by atomic mass is 9.97. The maximum absolute atomic E-state index is 11.7. The molecule has 0 aliphatic heterocycles. The maximum Gasteiger partial charge on any atom is 0.178 e. The van der Waals surface area contributed by atoms with E-state index in [1.165, 1.54) is 0 Å². The Morgan fingerprint density at radius 2 is 1.95 bits per heavy atom. The number of aromatic nitrogens is 3. The monoisotopic (exact) mass is 279 g/mol. The normalized spacial score (nSPS) is 13.4. The molecule has 2 aromatic rings. The second-order valence-corrected chi connectivity index (χ2v) is 6.82. The van der Waals surface area contributed by atoms with E-state index in [1.54, 1.807) is 25.3 Å². The van der Waals surface area contributed by atoms with Crippen LogP contribution in [0.25, 0.3) is 0 Å². The number of H-pyrrole nitrogens is 1. The fourth-order valence-electron chi connectivity index (χ4n) is 1.93. The van der Waals surface area contributed by atoms with E-state index in [9.17, 15) is 8.42 Å². The number of hydrogen-bond donors (Lipinski definition) is 1. The van der Waals surface area contributed by atoms with Gasteiger partial charge in [0.1, 0.15) is 0 Å².